The summed E-state index contributed by atoms with van der Waals surface area (Å²) in [6.07, 6.45) is 2.34. The molecule has 2 aromatic rings. The van der Waals surface area contributed by atoms with E-state index in [0.717, 1.165) is 12.0 Å². The van der Waals surface area contributed by atoms with E-state index in [1.54, 1.807) is 55.6 Å². The minimum absolute atomic E-state index is 0.0289. The Balaban J connectivity index is 1.54. The van der Waals surface area contributed by atoms with Crippen LogP contribution in [-0.2, 0) is 15.8 Å². The van der Waals surface area contributed by atoms with Gasteiger partial charge < -0.3 is 10.1 Å². The van der Waals surface area contributed by atoms with Gasteiger partial charge in [0, 0.05) is 19.6 Å². The van der Waals surface area contributed by atoms with E-state index in [-0.39, 0.29) is 11.5 Å². The van der Waals surface area contributed by atoms with Gasteiger partial charge in [-0.15, -0.1) is 0 Å². The number of benzene rings is 2. The predicted molar refractivity (Wildman–Crippen MR) is 117 cm³/mol. The monoisotopic (exact) mass is 434 g/mol. The van der Waals surface area contributed by atoms with Crippen LogP contribution in [0.2, 0.25) is 0 Å². The first-order valence-electron chi connectivity index (χ1n) is 9.75. The lowest BCUT2D eigenvalue weighted by Crippen LogP contribution is -2.32. The lowest BCUT2D eigenvalue weighted by atomic mass is 10.1. The van der Waals surface area contributed by atoms with Gasteiger partial charge >= 0.3 is 0 Å². The largest absolute Gasteiger partial charge is 0.497 e. The Labute approximate surface area is 184 Å². The second kappa shape index (κ2) is 10.5. The van der Waals surface area contributed by atoms with Crippen molar-refractivity contribution >= 4 is 23.0 Å². The maximum Gasteiger partial charge on any atom is 0.261 e. The lowest BCUT2D eigenvalue weighted by molar-refractivity contribution is -0.117. The maximum atomic E-state index is 12.7. The van der Waals surface area contributed by atoms with Crippen LogP contribution in [0.25, 0.3) is 6.08 Å². The van der Waals surface area contributed by atoms with Crippen molar-refractivity contribution in [3.63, 3.8) is 0 Å². The van der Waals surface area contributed by atoms with Gasteiger partial charge in [0.1, 0.15) is 28.4 Å². The minimum Gasteiger partial charge on any atom is -0.497 e. The Morgan fingerprint density at radius 1 is 1.23 bits per heavy atom. The molecule has 1 N–H and O–H groups in total. The molecule has 2 atom stereocenters. The fourth-order valence-corrected chi connectivity index (χ4v) is 4.54. The van der Waals surface area contributed by atoms with Gasteiger partial charge in [0.05, 0.1) is 23.6 Å². The number of hydrogen-bond acceptors (Lipinski definition) is 5. The number of methoxy groups -OCH3 is 1. The van der Waals surface area contributed by atoms with Gasteiger partial charge in [-0.3, -0.25) is 4.79 Å². The van der Waals surface area contributed by atoms with Crippen LogP contribution in [0.3, 0.4) is 0 Å². The van der Waals surface area contributed by atoms with E-state index in [9.17, 15) is 14.3 Å². The molecule has 1 fully saturated rings. The Hall–Kier alpha value is -3.46. The molecule has 1 amide bonds. The number of nitrogens with zero attached hydrogens (tertiary/aromatic N) is 3. The van der Waals surface area contributed by atoms with E-state index in [4.69, 9.17) is 10.00 Å². The summed E-state index contributed by atoms with van der Waals surface area (Å²) in [7, 11) is 0.266. The molecule has 1 aliphatic heterocycles. The molecule has 1 saturated heterocycles. The third-order valence-corrected chi connectivity index (χ3v) is 6.49. The standard InChI is InChI=1S/C23H22N4O3S/c1-30-21-6-2-17(3-7-21)12-20(14-25)23(28)26-15-19-10-11-27(16-19)31(29)22-8-4-18(13-24)5-9-22/h2-9,12,19H,10-11,15-16H2,1H3,(H,26,28)/b20-12+. The number of amides is 1. The third-order valence-electron chi connectivity index (χ3n) is 5.01. The SMILES string of the molecule is COc1ccc(/C=C(\C#N)C(=O)NCC2CCN(S(=O)c3ccc(C#N)cc3)C2)cc1. The van der Waals surface area contributed by atoms with Crippen LogP contribution in [0.15, 0.2) is 59.0 Å². The number of hydrogen-bond donors (Lipinski definition) is 1. The molecule has 158 valence electrons. The van der Waals surface area contributed by atoms with Gasteiger partial charge in [0.25, 0.3) is 5.91 Å². The van der Waals surface area contributed by atoms with Crippen molar-refractivity contribution in [2.24, 2.45) is 5.92 Å². The summed E-state index contributed by atoms with van der Waals surface area (Å²) in [4.78, 5) is 13.1. The summed E-state index contributed by atoms with van der Waals surface area (Å²) in [5.74, 6) is 0.418. The molecule has 0 radical (unpaired) electrons. The van der Waals surface area contributed by atoms with Crippen LogP contribution in [-0.4, -0.2) is 41.2 Å². The van der Waals surface area contributed by atoms with Crippen molar-refractivity contribution in [1.29, 1.82) is 10.5 Å². The number of ether oxygens (including phenoxy) is 1. The van der Waals surface area contributed by atoms with Gasteiger partial charge in [-0.05, 0) is 60.4 Å². The normalized spacial score (nSPS) is 17.4. The molecule has 1 aliphatic rings. The zero-order valence-corrected chi connectivity index (χ0v) is 17.9. The van der Waals surface area contributed by atoms with Crippen LogP contribution in [0.4, 0.5) is 0 Å². The Kier molecular flexibility index (Phi) is 7.55. The van der Waals surface area contributed by atoms with Gasteiger partial charge in [0.15, 0.2) is 0 Å². The molecular weight excluding hydrogens is 412 g/mol. The molecule has 1 heterocycles. The summed E-state index contributed by atoms with van der Waals surface area (Å²) in [6.45, 7) is 1.64. The summed E-state index contributed by atoms with van der Waals surface area (Å²) < 4.78 is 19.7. The molecule has 0 spiro atoms. The van der Waals surface area contributed by atoms with Gasteiger partial charge in [0.2, 0.25) is 0 Å². The van der Waals surface area contributed by atoms with E-state index >= 15 is 0 Å². The highest BCUT2D eigenvalue weighted by molar-refractivity contribution is 7.82. The van der Waals surface area contributed by atoms with E-state index in [0.29, 0.717) is 35.8 Å². The summed E-state index contributed by atoms with van der Waals surface area (Å²) in [5, 5.41) is 21.1. The van der Waals surface area contributed by atoms with Crippen molar-refractivity contribution in [2.45, 2.75) is 11.3 Å². The predicted octanol–water partition coefficient (Wildman–Crippen LogP) is 2.63. The zero-order chi connectivity index (χ0) is 22.2. The smallest absolute Gasteiger partial charge is 0.261 e. The van der Waals surface area contributed by atoms with Crippen molar-refractivity contribution in [2.75, 3.05) is 26.7 Å². The van der Waals surface area contributed by atoms with Gasteiger partial charge in [-0.25, -0.2) is 8.51 Å². The average molecular weight is 435 g/mol. The molecule has 7 nitrogen and oxygen atoms in total. The van der Waals surface area contributed by atoms with Crippen molar-refractivity contribution < 1.29 is 13.7 Å². The Morgan fingerprint density at radius 3 is 2.55 bits per heavy atom. The number of nitriles is 2. The van der Waals surface area contributed by atoms with Crippen LogP contribution < -0.4 is 10.1 Å². The van der Waals surface area contributed by atoms with Gasteiger partial charge in [-0.2, -0.15) is 10.5 Å². The van der Waals surface area contributed by atoms with Crippen LogP contribution in [0.1, 0.15) is 17.5 Å². The third kappa shape index (κ3) is 5.79. The van der Waals surface area contributed by atoms with E-state index in [2.05, 4.69) is 5.32 Å². The van der Waals surface area contributed by atoms with Crippen LogP contribution in [0, 0.1) is 28.6 Å². The second-order valence-corrected chi connectivity index (χ2v) is 8.57. The van der Waals surface area contributed by atoms with Crippen molar-refractivity contribution in [1.82, 2.24) is 9.62 Å². The summed E-state index contributed by atoms with van der Waals surface area (Å²) in [6, 6.07) is 17.8. The minimum atomic E-state index is -1.31. The quantitative estimate of drug-likeness (QED) is 0.533. The van der Waals surface area contributed by atoms with Gasteiger partial charge in [-0.1, -0.05) is 12.1 Å². The van der Waals surface area contributed by atoms with Crippen LogP contribution in [0.5, 0.6) is 5.75 Å². The number of carbonyl (C=O) groups excluding carboxylic acids is 1. The number of carbonyl (C=O) groups is 1. The molecule has 31 heavy (non-hydrogen) atoms. The highest BCUT2D eigenvalue weighted by Gasteiger charge is 2.27. The van der Waals surface area contributed by atoms with E-state index in [1.165, 1.54) is 6.08 Å². The molecule has 0 aromatic heterocycles. The van der Waals surface area contributed by atoms with Crippen LogP contribution >= 0.6 is 0 Å². The molecule has 2 unspecified atom stereocenters. The number of nitrogens with one attached hydrogen (secondary N) is 1. The number of rotatable bonds is 7. The fourth-order valence-electron chi connectivity index (χ4n) is 3.26. The molecule has 2 aromatic carbocycles. The topological polar surface area (TPSA) is 106 Å². The highest BCUT2D eigenvalue weighted by atomic mass is 32.2. The molecule has 0 bridgehead atoms. The first-order valence-corrected chi connectivity index (χ1v) is 10.9. The van der Waals surface area contributed by atoms with E-state index < -0.39 is 16.9 Å². The van der Waals surface area contributed by atoms with E-state index in [1.807, 2.05) is 16.4 Å². The molecule has 3 rings (SSSR count). The van der Waals surface area contributed by atoms with Crippen molar-refractivity contribution in [3.05, 3.63) is 65.2 Å². The zero-order valence-electron chi connectivity index (χ0n) is 17.1. The first kappa shape index (κ1) is 22.2. The average Bonchev–Trinajstić information content (AvgIpc) is 3.30. The summed E-state index contributed by atoms with van der Waals surface area (Å²) in [5.41, 5.74) is 1.29. The Morgan fingerprint density at radius 2 is 1.94 bits per heavy atom. The fraction of sp³-hybridized carbons (Fsp3) is 0.261. The molecule has 8 heteroatoms. The van der Waals surface area contributed by atoms with Crippen molar-refractivity contribution in [3.8, 4) is 17.9 Å². The molecule has 0 aliphatic carbocycles. The Bertz CT molecular complexity index is 1070. The second-order valence-electron chi connectivity index (χ2n) is 7.08. The highest BCUT2D eigenvalue weighted by Crippen LogP contribution is 2.21. The lowest BCUT2D eigenvalue weighted by Gasteiger charge is -2.15. The maximum absolute atomic E-state index is 12.7. The summed E-state index contributed by atoms with van der Waals surface area (Å²) >= 11 is 0. The first-order chi connectivity index (χ1) is 15.0. The molecular formula is C23H22N4O3S. The molecule has 0 saturated carbocycles.